The highest BCUT2D eigenvalue weighted by Gasteiger charge is 2.53. The second-order valence-corrected chi connectivity index (χ2v) is 7.98. The molecule has 0 spiro atoms. The molecule has 120 valence electrons. The summed E-state index contributed by atoms with van der Waals surface area (Å²) in [4.78, 5) is 16.2. The van der Waals surface area contributed by atoms with Gasteiger partial charge in [-0.25, -0.2) is 4.98 Å². The van der Waals surface area contributed by atoms with Gasteiger partial charge < -0.3 is 5.32 Å². The van der Waals surface area contributed by atoms with Crippen molar-refractivity contribution in [1.29, 1.82) is 0 Å². The Balaban J connectivity index is 1.35. The van der Waals surface area contributed by atoms with Crippen molar-refractivity contribution < 1.29 is 4.79 Å². The van der Waals surface area contributed by atoms with E-state index in [0.717, 1.165) is 17.8 Å². The fraction of sp³-hybridized carbons (Fsp3) is 0.824. The molecule has 4 aliphatic carbocycles. The van der Waals surface area contributed by atoms with E-state index in [1.807, 2.05) is 0 Å². The van der Waals surface area contributed by atoms with Crippen LogP contribution in [0.15, 0.2) is 12.7 Å². The van der Waals surface area contributed by atoms with Crippen molar-refractivity contribution in [2.24, 2.45) is 23.2 Å². The van der Waals surface area contributed by atoms with Gasteiger partial charge in [-0.2, -0.15) is 5.10 Å². The van der Waals surface area contributed by atoms with Gasteiger partial charge in [-0.3, -0.25) is 9.48 Å². The largest absolute Gasteiger partial charge is 0.353 e. The number of carbonyl (C=O) groups is 1. The van der Waals surface area contributed by atoms with E-state index in [0.29, 0.717) is 24.4 Å². The molecule has 1 N–H and O–H groups in total. The first-order valence-electron chi connectivity index (χ1n) is 8.75. The van der Waals surface area contributed by atoms with E-state index in [1.54, 1.807) is 11.0 Å². The molecule has 1 amide bonds. The summed E-state index contributed by atoms with van der Waals surface area (Å²) in [5.41, 5.74) is 0.387. The van der Waals surface area contributed by atoms with Crippen molar-refractivity contribution in [2.45, 2.75) is 64.5 Å². The molecule has 0 aliphatic heterocycles. The van der Waals surface area contributed by atoms with E-state index < -0.39 is 0 Å². The number of nitrogens with one attached hydrogen (secondary N) is 1. The SMILES string of the molecule is C[C@H](NC(=O)CCn1cncn1)C12CC3CC(CC(C3)C1)C2. The number of aromatic nitrogens is 3. The first-order valence-corrected chi connectivity index (χ1v) is 8.75. The third-order valence-electron chi connectivity index (χ3n) is 6.42. The molecule has 1 aromatic rings. The zero-order valence-electron chi connectivity index (χ0n) is 13.4. The smallest absolute Gasteiger partial charge is 0.222 e. The lowest BCUT2D eigenvalue weighted by atomic mass is 9.48. The molecule has 0 unspecified atom stereocenters. The molecule has 0 radical (unpaired) electrons. The third kappa shape index (κ3) is 2.55. The molecule has 1 atom stereocenters. The van der Waals surface area contributed by atoms with Crippen LogP contribution < -0.4 is 5.32 Å². The highest BCUT2D eigenvalue weighted by molar-refractivity contribution is 5.76. The van der Waals surface area contributed by atoms with E-state index in [1.165, 1.54) is 44.9 Å². The summed E-state index contributed by atoms with van der Waals surface area (Å²) in [5.74, 6) is 2.95. The number of hydrogen-bond acceptors (Lipinski definition) is 3. The fourth-order valence-electron chi connectivity index (χ4n) is 5.74. The Bertz CT molecular complexity index is 504. The molecule has 4 saturated carbocycles. The summed E-state index contributed by atoms with van der Waals surface area (Å²) >= 11 is 0. The van der Waals surface area contributed by atoms with Crippen LogP contribution in [-0.4, -0.2) is 26.7 Å². The van der Waals surface area contributed by atoms with Crippen LogP contribution in [0.25, 0.3) is 0 Å². The fourth-order valence-corrected chi connectivity index (χ4v) is 5.74. The Kier molecular flexibility index (Phi) is 3.46. The van der Waals surface area contributed by atoms with Gasteiger partial charge in [0.25, 0.3) is 0 Å². The maximum Gasteiger partial charge on any atom is 0.222 e. The van der Waals surface area contributed by atoms with E-state index in [2.05, 4.69) is 22.3 Å². The number of amides is 1. The third-order valence-corrected chi connectivity index (χ3v) is 6.42. The summed E-state index contributed by atoms with van der Waals surface area (Å²) in [6, 6.07) is 0.309. The van der Waals surface area contributed by atoms with Crippen LogP contribution in [0.5, 0.6) is 0 Å². The topological polar surface area (TPSA) is 59.8 Å². The molecule has 5 nitrogen and oxygen atoms in total. The zero-order chi connectivity index (χ0) is 15.2. The molecule has 4 fully saturated rings. The molecule has 1 aromatic heterocycles. The predicted octanol–water partition coefficient (Wildman–Crippen LogP) is 2.39. The number of carbonyl (C=O) groups excluding carboxylic acids is 1. The summed E-state index contributed by atoms with van der Waals surface area (Å²) < 4.78 is 1.72. The van der Waals surface area contributed by atoms with Crippen LogP contribution in [0.4, 0.5) is 0 Å². The average Bonchev–Trinajstić information content (AvgIpc) is 2.97. The van der Waals surface area contributed by atoms with Crippen molar-refractivity contribution in [1.82, 2.24) is 20.1 Å². The monoisotopic (exact) mass is 302 g/mol. The van der Waals surface area contributed by atoms with Crippen molar-refractivity contribution in [3.8, 4) is 0 Å². The lowest BCUT2D eigenvalue weighted by Crippen LogP contribution is -2.55. The molecule has 4 aliphatic rings. The van der Waals surface area contributed by atoms with Crippen LogP contribution >= 0.6 is 0 Å². The van der Waals surface area contributed by atoms with E-state index in [-0.39, 0.29) is 5.91 Å². The molecule has 1 heterocycles. The molecule has 0 aromatic carbocycles. The van der Waals surface area contributed by atoms with Crippen LogP contribution in [0.2, 0.25) is 0 Å². The first kappa shape index (κ1) is 14.2. The van der Waals surface area contributed by atoms with Gasteiger partial charge >= 0.3 is 0 Å². The van der Waals surface area contributed by atoms with Crippen molar-refractivity contribution in [2.75, 3.05) is 0 Å². The maximum atomic E-state index is 12.3. The Morgan fingerprint density at radius 1 is 1.27 bits per heavy atom. The zero-order valence-corrected chi connectivity index (χ0v) is 13.4. The summed E-state index contributed by atoms with van der Waals surface area (Å²) in [6.45, 7) is 2.85. The minimum absolute atomic E-state index is 0.152. The predicted molar refractivity (Wildman–Crippen MR) is 82.8 cm³/mol. The van der Waals surface area contributed by atoms with Gasteiger partial charge in [0, 0.05) is 12.5 Å². The molecule has 4 bridgehead atoms. The lowest BCUT2D eigenvalue weighted by molar-refractivity contribution is -0.126. The highest BCUT2D eigenvalue weighted by Crippen LogP contribution is 2.61. The van der Waals surface area contributed by atoms with Gasteiger partial charge in [0.15, 0.2) is 0 Å². The number of rotatable bonds is 5. The van der Waals surface area contributed by atoms with Crippen LogP contribution in [0, 0.1) is 23.2 Å². The Morgan fingerprint density at radius 3 is 2.45 bits per heavy atom. The second kappa shape index (κ2) is 5.36. The summed E-state index contributed by atoms with van der Waals surface area (Å²) in [7, 11) is 0. The van der Waals surface area contributed by atoms with Crippen LogP contribution in [0.3, 0.4) is 0 Å². The van der Waals surface area contributed by atoms with Gasteiger partial charge in [0.2, 0.25) is 5.91 Å². The van der Waals surface area contributed by atoms with Crippen LogP contribution in [-0.2, 0) is 11.3 Å². The number of hydrogen-bond donors (Lipinski definition) is 1. The summed E-state index contributed by atoms with van der Waals surface area (Å²) in [6.07, 6.45) is 12.0. The number of nitrogens with zero attached hydrogens (tertiary/aromatic N) is 3. The molecular formula is C17H26N4O. The Labute approximate surface area is 131 Å². The van der Waals surface area contributed by atoms with Crippen molar-refractivity contribution in [3.05, 3.63) is 12.7 Å². The second-order valence-electron chi connectivity index (χ2n) is 7.98. The van der Waals surface area contributed by atoms with E-state index in [9.17, 15) is 4.79 Å². The van der Waals surface area contributed by atoms with Gasteiger partial charge in [0.1, 0.15) is 12.7 Å². The molecular weight excluding hydrogens is 276 g/mol. The maximum absolute atomic E-state index is 12.3. The standard InChI is InChI=1S/C17H26N4O/c1-12(20-16(22)2-3-21-11-18-10-19-21)17-7-13-4-14(8-17)6-15(5-13)9-17/h10-15H,2-9H2,1H3,(H,20,22)/t12-,13?,14?,15?,17?/m0/s1. The van der Waals surface area contributed by atoms with E-state index in [4.69, 9.17) is 0 Å². The Hall–Kier alpha value is -1.39. The highest BCUT2D eigenvalue weighted by atomic mass is 16.1. The van der Waals surface area contributed by atoms with Crippen molar-refractivity contribution in [3.63, 3.8) is 0 Å². The van der Waals surface area contributed by atoms with Gasteiger partial charge in [-0.05, 0) is 68.6 Å². The summed E-state index contributed by atoms with van der Waals surface area (Å²) in [5, 5.41) is 7.35. The minimum Gasteiger partial charge on any atom is -0.353 e. The molecule has 5 rings (SSSR count). The quantitative estimate of drug-likeness (QED) is 0.908. The Morgan fingerprint density at radius 2 is 1.91 bits per heavy atom. The average molecular weight is 302 g/mol. The minimum atomic E-state index is 0.152. The molecule has 5 heteroatoms. The van der Waals surface area contributed by atoms with E-state index >= 15 is 0 Å². The van der Waals surface area contributed by atoms with Gasteiger partial charge in [-0.15, -0.1) is 0 Å². The molecule has 0 saturated heterocycles. The first-order chi connectivity index (χ1) is 10.6. The van der Waals surface area contributed by atoms with Crippen molar-refractivity contribution >= 4 is 5.91 Å². The molecule has 22 heavy (non-hydrogen) atoms. The van der Waals surface area contributed by atoms with Crippen LogP contribution in [0.1, 0.15) is 51.9 Å². The lowest BCUT2D eigenvalue weighted by Gasteiger charge is -2.59. The van der Waals surface area contributed by atoms with Gasteiger partial charge in [-0.1, -0.05) is 0 Å². The normalized spacial score (nSPS) is 37.2. The number of aryl methyl sites for hydroxylation is 1. The van der Waals surface area contributed by atoms with Gasteiger partial charge in [0.05, 0.1) is 6.54 Å².